The number of nitrogens with one attached hydrogen (secondary N) is 1. The molecule has 4 rings (SSSR count). The summed E-state index contributed by atoms with van der Waals surface area (Å²) in [4.78, 5) is 17.2. The van der Waals surface area contributed by atoms with Crippen molar-refractivity contribution in [1.29, 1.82) is 0 Å². The van der Waals surface area contributed by atoms with Gasteiger partial charge in [-0.1, -0.05) is 48.0 Å². The highest BCUT2D eigenvalue weighted by Crippen LogP contribution is 2.20. The molecule has 4 aromatic rings. The van der Waals surface area contributed by atoms with Gasteiger partial charge < -0.3 is 14.6 Å². The summed E-state index contributed by atoms with van der Waals surface area (Å²) in [6, 6.07) is 23.8. The monoisotopic (exact) mass is 441 g/mol. The molecule has 0 radical (unpaired) electrons. The maximum atomic E-state index is 12.3. The third kappa shape index (κ3) is 5.80. The lowest BCUT2D eigenvalue weighted by Crippen LogP contribution is -2.26. The van der Waals surface area contributed by atoms with Crippen molar-refractivity contribution in [3.8, 4) is 5.75 Å². The number of hydrogen-bond donors (Lipinski definition) is 1. The van der Waals surface area contributed by atoms with Crippen LogP contribution in [0.1, 0.15) is 40.2 Å². The van der Waals surface area contributed by atoms with E-state index >= 15 is 0 Å². The Kier molecular flexibility index (Phi) is 7.40. The Morgan fingerprint density at radius 3 is 2.58 bits per heavy atom. The van der Waals surface area contributed by atoms with Crippen LogP contribution in [0.25, 0.3) is 11.0 Å². The van der Waals surface area contributed by atoms with Gasteiger partial charge in [-0.3, -0.25) is 4.79 Å². The largest absolute Gasteiger partial charge is 0.493 e. The van der Waals surface area contributed by atoms with Crippen LogP contribution >= 0.6 is 0 Å². The minimum absolute atomic E-state index is 0.0539. The summed E-state index contributed by atoms with van der Waals surface area (Å²) < 4.78 is 8.27. The van der Waals surface area contributed by atoms with Crippen molar-refractivity contribution in [2.24, 2.45) is 0 Å². The van der Waals surface area contributed by atoms with Gasteiger partial charge >= 0.3 is 0 Å². The van der Waals surface area contributed by atoms with Crippen LogP contribution in [0.3, 0.4) is 0 Å². The summed E-state index contributed by atoms with van der Waals surface area (Å²) in [7, 11) is 0. The molecular weight excluding hydrogens is 410 g/mol. The van der Waals surface area contributed by atoms with E-state index in [1.165, 1.54) is 11.1 Å². The van der Waals surface area contributed by atoms with Crippen LogP contribution in [-0.4, -0.2) is 28.6 Å². The van der Waals surface area contributed by atoms with Gasteiger partial charge in [0.2, 0.25) is 0 Å². The van der Waals surface area contributed by atoms with E-state index in [0.29, 0.717) is 25.1 Å². The van der Waals surface area contributed by atoms with Crippen molar-refractivity contribution in [1.82, 2.24) is 14.9 Å². The number of imidazole rings is 1. The molecule has 5 nitrogen and oxygen atoms in total. The third-order valence-electron chi connectivity index (χ3n) is 5.77. The average molecular weight is 442 g/mol. The number of fused-ring (bicyclic) bond motifs is 1. The number of nitrogens with zero attached hydrogens (tertiary/aromatic N) is 2. The predicted molar refractivity (Wildman–Crippen MR) is 133 cm³/mol. The van der Waals surface area contributed by atoms with Gasteiger partial charge in [-0.2, -0.15) is 0 Å². The van der Waals surface area contributed by atoms with E-state index in [9.17, 15) is 4.79 Å². The zero-order valence-electron chi connectivity index (χ0n) is 19.4. The third-order valence-corrected chi connectivity index (χ3v) is 5.77. The number of unbranched alkanes of at least 4 members (excludes halogenated alkanes) is 1. The minimum Gasteiger partial charge on any atom is -0.493 e. The molecular formula is C28H31N3O2. The minimum atomic E-state index is -0.0539. The number of carbonyl (C=O) groups excluding carboxylic acids is 1. The van der Waals surface area contributed by atoms with Gasteiger partial charge in [-0.05, 0) is 62.6 Å². The molecule has 0 spiro atoms. The molecule has 0 bridgehead atoms. The lowest BCUT2D eigenvalue weighted by atomic mass is 10.1. The van der Waals surface area contributed by atoms with E-state index in [0.717, 1.165) is 42.0 Å². The zero-order valence-corrected chi connectivity index (χ0v) is 19.4. The first-order chi connectivity index (χ1) is 16.1. The Labute approximate surface area is 195 Å². The highest BCUT2D eigenvalue weighted by atomic mass is 16.5. The van der Waals surface area contributed by atoms with E-state index in [-0.39, 0.29) is 5.91 Å². The van der Waals surface area contributed by atoms with Gasteiger partial charge in [0.25, 0.3) is 5.91 Å². The quantitative estimate of drug-likeness (QED) is 0.331. The number of ether oxygens (including phenoxy) is 1. The summed E-state index contributed by atoms with van der Waals surface area (Å²) in [5.41, 5.74) is 5.23. The second-order valence-electron chi connectivity index (χ2n) is 8.36. The molecule has 0 aliphatic rings. The van der Waals surface area contributed by atoms with Crippen LogP contribution in [0.15, 0.2) is 72.8 Å². The van der Waals surface area contributed by atoms with Gasteiger partial charge in [-0.25, -0.2) is 4.98 Å². The number of amides is 1. The highest BCUT2D eigenvalue weighted by molar-refractivity contribution is 5.94. The Morgan fingerprint density at radius 1 is 0.970 bits per heavy atom. The van der Waals surface area contributed by atoms with Crippen LogP contribution in [0.2, 0.25) is 0 Å². The molecule has 1 aromatic heterocycles. The lowest BCUT2D eigenvalue weighted by molar-refractivity contribution is 0.0954. The van der Waals surface area contributed by atoms with Crippen molar-refractivity contribution in [2.45, 2.75) is 39.7 Å². The SMILES string of the molecule is Cc1ccc(OCCCCn2c(CCNC(=O)c3ccccc3)nc3ccccc32)c(C)c1. The predicted octanol–water partition coefficient (Wildman–Crippen LogP) is 5.48. The van der Waals surface area contributed by atoms with E-state index in [1.54, 1.807) is 0 Å². The lowest BCUT2D eigenvalue weighted by Gasteiger charge is -2.12. The van der Waals surface area contributed by atoms with Crippen LogP contribution < -0.4 is 10.1 Å². The molecule has 0 saturated carbocycles. The van der Waals surface area contributed by atoms with Crippen LogP contribution in [0, 0.1) is 13.8 Å². The first-order valence-electron chi connectivity index (χ1n) is 11.6. The number of aryl methyl sites for hydroxylation is 3. The molecule has 1 heterocycles. The van der Waals surface area contributed by atoms with Crippen molar-refractivity contribution in [3.05, 3.63) is 95.3 Å². The second-order valence-corrected chi connectivity index (χ2v) is 8.36. The molecule has 0 aliphatic heterocycles. The van der Waals surface area contributed by atoms with Crippen LogP contribution in [0.4, 0.5) is 0 Å². The van der Waals surface area contributed by atoms with Crippen molar-refractivity contribution < 1.29 is 9.53 Å². The number of para-hydroxylation sites is 2. The molecule has 33 heavy (non-hydrogen) atoms. The Morgan fingerprint density at radius 2 is 1.76 bits per heavy atom. The second kappa shape index (κ2) is 10.8. The van der Waals surface area contributed by atoms with Crippen molar-refractivity contribution in [2.75, 3.05) is 13.2 Å². The molecule has 5 heteroatoms. The molecule has 1 N–H and O–H groups in total. The van der Waals surface area contributed by atoms with E-state index in [4.69, 9.17) is 9.72 Å². The van der Waals surface area contributed by atoms with Gasteiger partial charge in [-0.15, -0.1) is 0 Å². The summed E-state index contributed by atoms with van der Waals surface area (Å²) in [5, 5.41) is 3.01. The Hall–Kier alpha value is -3.60. The normalized spacial score (nSPS) is 11.0. The number of benzene rings is 3. The smallest absolute Gasteiger partial charge is 0.251 e. The van der Waals surface area contributed by atoms with E-state index < -0.39 is 0 Å². The van der Waals surface area contributed by atoms with Crippen molar-refractivity contribution in [3.63, 3.8) is 0 Å². The number of carbonyl (C=O) groups is 1. The van der Waals surface area contributed by atoms with E-state index in [2.05, 4.69) is 48.0 Å². The zero-order chi connectivity index (χ0) is 23.0. The van der Waals surface area contributed by atoms with Gasteiger partial charge in [0.1, 0.15) is 11.6 Å². The van der Waals surface area contributed by atoms with E-state index in [1.807, 2.05) is 48.5 Å². The maximum absolute atomic E-state index is 12.3. The first kappa shape index (κ1) is 22.6. The van der Waals surface area contributed by atoms with Crippen LogP contribution in [0.5, 0.6) is 5.75 Å². The average Bonchev–Trinajstić information content (AvgIpc) is 3.18. The first-order valence-corrected chi connectivity index (χ1v) is 11.6. The summed E-state index contributed by atoms with van der Waals surface area (Å²) in [6.45, 7) is 6.30. The number of rotatable bonds is 10. The number of hydrogen-bond acceptors (Lipinski definition) is 3. The summed E-state index contributed by atoms with van der Waals surface area (Å²) in [5.74, 6) is 1.91. The Bertz CT molecular complexity index is 1210. The molecule has 170 valence electrons. The topological polar surface area (TPSA) is 56.1 Å². The van der Waals surface area contributed by atoms with Crippen molar-refractivity contribution >= 4 is 16.9 Å². The molecule has 1 amide bonds. The molecule has 0 fully saturated rings. The fourth-order valence-corrected chi connectivity index (χ4v) is 4.06. The fourth-order valence-electron chi connectivity index (χ4n) is 4.06. The molecule has 0 atom stereocenters. The summed E-state index contributed by atoms with van der Waals surface area (Å²) in [6.07, 6.45) is 2.64. The Balaban J connectivity index is 1.33. The maximum Gasteiger partial charge on any atom is 0.251 e. The van der Waals surface area contributed by atoms with Gasteiger partial charge in [0.15, 0.2) is 0 Å². The number of aromatic nitrogens is 2. The molecule has 0 aliphatic carbocycles. The molecule has 0 unspecified atom stereocenters. The highest BCUT2D eigenvalue weighted by Gasteiger charge is 2.11. The van der Waals surface area contributed by atoms with Gasteiger partial charge in [0.05, 0.1) is 17.6 Å². The van der Waals surface area contributed by atoms with Crippen LogP contribution in [-0.2, 0) is 13.0 Å². The summed E-state index contributed by atoms with van der Waals surface area (Å²) >= 11 is 0. The fraction of sp³-hybridized carbons (Fsp3) is 0.286. The molecule has 0 saturated heterocycles. The molecule has 3 aromatic carbocycles. The standard InChI is InChI=1S/C28H31N3O2/c1-21-14-15-26(22(2)20-21)33-19-9-8-18-31-25-13-7-6-12-24(25)30-27(31)16-17-29-28(32)23-10-4-3-5-11-23/h3-7,10-15,20H,8-9,16-19H2,1-2H3,(H,29,32). The van der Waals surface area contributed by atoms with Gasteiger partial charge in [0, 0.05) is 25.1 Å².